The van der Waals surface area contributed by atoms with Crippen molar-refractivity contribution in [3.63, 3.8) is 0 Å². The van der Waals surface area contributed by atoms with Gasteiger partial charge in [0.15, 0.2) is 17.2 Å². The van der Waals surface area contributed by atoms with E-state index in [9.17, 15) is 24.9 Å². The van der Waals surface area contributed by atoms with Gasteiger partial charge in [-0.1, -0.05) is 0 Å². The van der Waals surface area contributed by atoms with Crippen molar-refractivity contribution in [3.05, 3.63) is 17.7 Å². The van der Waals surface area contributed by atoms with Gasteiger partial charge in [-0.15, -0.1) is 0 Å². The average molecular weight is 310 g/mol. The molecule has 3 N–H and O–H groups in total. The highest BCUT2D eigenvalue weighted by Crippen LogP contribution is 2.35. The molecule has 1 aliphatic heterocycles. The number of aromatic hydroxyl groups is 3. The molecule has 1 aromatic carbocycles. The first-order valence-corrected chi connectivity index (χ1v) is 6.75. The number of hydrogen-bond donors (Lipinski definition) is 3. The van der Waals surface area contributed by atoms with Crippen LogP contribution in [0.5, 0.6) is 17.2 Å². The molecule has 0 unspecified atom stereocenters. The normalized spacial score (nSPS) is 15.0. The van der Waals surface area contributed by atoms with Crippen molar-refractivity contribution in [3.8, 4) is 17.2 Å². The van der Waals surface area contributed by atoms with Gasteiger partial charge < -0.3 is 29.9 Å². The van der Waals surface area contributed by atoms with Crippen LogP contribution in [0, 0.1) is 0 Å². The minimum atomic E-state index is -0.661. The van der Waals surface area contributed by atoms with Crippen LogP contribution in [0.15, 0.2) is 12.1 Å². The molecule has 0 spiro atoms. The first kappa shape index (κ1) is 15.9. The number of amides is 2. The van der Waals surface area contributed by atoms with E-state index < -0.39 is 17.2 Å². The third-order valence-electron chi connectivity index (χ3n) is 3.50. The van der Waals surface area contributed by atoms with Crippen LogP contribution in [0.1, 0.15) is 10.4 Å². The lowest BCUT2D eigenvalue weighted by molar-refractivity contribution is -0.136. The van der Waals surface area contributed by atoms with E-state index >= 15 is 0 Å². The number of carbonyl (C=O) groups excluding carboxylic acids is 2. The van der Waals surface area contributed by atoms with Gasteiger partial charge in [-0.2, -0.15) is 0 Å². The number of piperazine rings is 1. The standard InChI is InChI=1S/C14H18N2O6/c1-22-8-12(19)15-2-4-16(5-3-15)14(21)9-6-10(17)13(20)11(18)7-9/h6-7,17-18,20H,2-5,8H2,1H3. The van der Waals surface area contributed by atoms with Gasteiger partial charge in [0, 0.05) is 38.9 Å². The van der Waals surface area contributed by atoms with Gasteiger partial charge in [0.1, 0.15) is 6.61 Å². The van der Waals surface area contributed by atoms with E-state index in [-0.39, 0.29) is 24.0 Å². The Morgan fingerprint density at radius 2 is 1.55 bits per heavy atom. The zero-order valence-electron chi connectivity index (χ0n) is 12.2. The summed E-state index contributed by atoms with van der Waals surface area (Å²) in [6.07, 6.45) is 0. The van der Waals surface area contributed by atoms with Crippen LogP contribution in [-0.2, 0) is 9.53 Å². The molecule has 8 nitrogen and oxygen atoms in total. The molecule has 1 heterocycles. The summed E-state index contributed by atoms with van der Waals surface area (Å²) in [5.41, 5.74) is 0.0736. The number of phenols is 3. The van der Waals surface area contributed by atoms with Gasteiger partial charge in [-0.3, -0.25) is 9.59 Å². The Morgan fingerprint density at radius 1 is 1.05 bits per heavy atom. The molecule has 1 aromatic rings. The minimum absolute atomic E-state index is 0.00759. The quantitative estimate of drug-likeness (QED) is 0.663. The highest BCUT2D eigenvalue weighted by Gasteiger charge is 2.25. The van der Waals surface area contributed by atoms with E-state index in [1.54, 1.807) is 4.90 Å². The highest BCUT2D eigenvalue weighted by atomic mass is 16.5. The molecule has 2 rings (SSSR count). The summed E-state index contributed by atoms with van der Waals surface area (Å²) in [6.45, 7) is 1.48. The van der Waals surface area contributed by atoms with Crippen LogP contribution in [0.25, 0.3) is 0 Å². The summed E-state index contributed by atoms with van der Waals surface area (Å²) in [5, 5.41) is 28.2. The fourth-order valence-corrected chi connectivity index (χ4v) is 2.28. The molecule has 0 bridgehead atoms. The third-order valence-corrected chi connectivity index (χ3v) is 3.50. The van der Waals surface area contributed by atoms with E-state index in [0.717, 1.165) is 12.1 Å². The van der Waals surface area contributed by atoms with Gasteiger partial charge in [0.05, 0.1) is 0 Å². The second-order valence-electron chi connectivity index (χ2n) is 4.97. The molecule has 1 fully saturated rings. The van der Waals surface area contributed by atoms with Crippen LogP contribution >= 0.6 is 0 Å². The summed E-state index contributed by atoms with van der Waals surface area (Å²) < 4.78 is 4.79. The lowest BCUT2D eigenvalue weighted by atomic mass is 10.1. The van der Waals surface area contributed by atoms with Crippen molar-refractivity contribution < 1.29 is 29.6 Å². The molecule has 0 atom stereocenters. The molecule has 22 heavy (non-hydrogen) atoms. The third kappa shape index (κ3) is 3.22. The number of methoxy groups -OCH3 is 1. The average Bonchev–Trinajstić information content (AvgIpc) is 2.51. The highest BCUT2D eigenvalue weighted by molar-refractivity contribution is 5.95. The van der Waals surface area contributed by atoms with Crippen LogP contribution < -0.4 is 0 Å². The summed E-state index contributed by atoms with van der Waals surface area (Å²) >= 11 is 0. The van der Waals surface area contributed by atoms with Crippen molar-refractivity contribution in [1.82, 2.24) is 9.80 Å². The summed E-state index contributed by atoms with van der Waals surface area (Å²) in [5.74, 6) is -2.29. The largest absolute Gasteiger partial charge is 0.504 e. The minimum Gasteiger partial charge on any atom is -0.504 e. The maximum absolute atomic E-state index is 12.3. The molecule has 0 aromatic heterocycles. The van der Waals surface area contributed by atoms with E-state index in [2.05, 4.69) is 0 Å². The fraction of sp³-hybridized carbons (Fsp3) is 0.429. The van der Waals surface area contributed by atoms with Crippen molar-refractivity contribution in [2.45, 2.75) is 0 Å². The van der Waals surface area contributed by atoms with Crippen LogP contribution in [0.3, 0.4) is 0 Å². The molecule has 8 heteroatoms. The Balaban J connectivity index is 2.02. The number of rotatable bonds is 3. The molecule has 2 amide bonds. The molecule has 120 valence electrons. The Kier molecular flexibility index (Phi) is 4.71. The van der Waals surface area contributed by atoms with Gasteiger partial charge >= 0.3 is 0 Å². The molecule has 0 aliphatic carbocycles. The Labute approximate surface area is 127 Å². The monoisotopic (exact) mass is 310 g/mol. The smallest absolute Gasteiger partial charge is 0.254 e. The Hall–Kier alpha value is -2.48. The number of phenolic OH excluding ortho intramolecular Hbond substituents is 3. The second kappa shape index (κ2) is 6.52. The molecular formula is C14H18N2O6. The lowest BCUT2D eigenvalue weighted by Gasteiger charge is -2.34. The summed E-state index contributed by atoms with van der Waals surface area (Å²) in [7, 11) is 1.45. The molecule has 0 radical (unpaired) electrons. The van der Waals surface area contributed by atoms with E-state index in [1.165, 1.54) is 12.0 Å². The van der Waals surface area contributed by atoms with Crippen LogP contribution in [0.4, 0.5) is 0 Å². The zero-order chi connectivity index (χ0) is 16.3. The topological polar surface area (TPSA) is 111 Å². The van der Waals surface area contributed by atoms with E-state index in [1.807, 2.05) is 0 Å². The number of ether oxygens (including phenoxy) is 1. The Bertz CT molecular complexity index is 558. The van der Waals surface area contributed by atoms with Crippen LogP contribution in [0.2, 0.25) is 0 Å². The number of carbonyl (C=O) groups is 2. The number of nitrogens with zero attached hydrogens (tertiary/aromatic N) is 2. The Morgan fingerprint density at radius 3 is 2.05 bits per heavy atom. The predicted molar refractivity (Wildman–Crippen MR) is 75.8 cm³/mol. The van der Waals surface area contributed by atoms with Crippen molar-refractivity contribution in [2.24, 2.45) is 0 Å². The van der Waals surface area contributed by atoms with Crippen LogP contribution in [-0.4, -0.2) is 76.8 Å². The maximum Gasteiger partial charge on any atom is 0.254 e. The molecular weight excluding hydrogens is 292 g/mol. The molecule has 0 saturated carbocycles. The lowest BCUT2D eigenvalue weighted by Crippen LogP contribution is -2.51. The SMILES string of the molecule is COCC(=O)N1CCN(C(=O)c2cc(O)c(O)c(O)c2)CC1. The van der Waals surface area contributed by atoms with Crippen molar-refractivity contribution in [2.75, 3.05) is 39.9 Å². The van der Waals surface area contributed by atoms with E-state index in [0.29, 0.717) is 26.2 Å². The van der Waals surface area contributed by atoms with Gasteiger partial charge in [-0.05, 0) is 12.1 Å². The van der Waals surface area contributed by atoms with Crippen molar-refractivity contribution in [1.29, 1.82) is 0 Å². The zero-order valence-corrected chi connectivity index (χ0v) is 12.2. The van der Waals surface area contributed by atoms with Crippen molar-refractivity contribution >= 4 is 11.8 Å². The van der Waals surface area contributed by atoms with Gasteiger partial charge in [0.2, 0.25) is 5.91 Å². The number of hydrogen-bond acceptors (Lipinski definition) is 6. The number of benzene rings is 1. The fourth-order valence-electron chi connectivity index (χ4n) is 2.28. The maximum atomic E-state index is 12.3. The van der Waals surface area contributed by atoms with Gasteiger partial charge in [-0.25, -0.2) is 0 Å². The van der Waals surface area contributed by atoms with Gasteiger partial charge in [0.25, 0.3) is 5.91 Å². The predicted octanol–water partition coefficient (Wildman–Crippen LogP) is -0.266. The molecule has 1 aliphatic rings. The first-order valence-electron chi connectivity index (χ1n) is 6.75. The first-order chi connectivity index (χ1) is 10.4. The molecule has 1 saturated heterocycles. The summed E-state index contributed by atoms with van der Waals surface area (Å²) in [6, 6.07) is 2.19. The summed E-state index contributed by atoms with van der Waals surface area (Å²) in [4.78, 5) is 27.1. The second-order valence-corrected chi connectivity index (χ2v) is 4.97. The van der Waals surface area contributed by atoms with E-state index in [4.69, 9.17) is 4.74 Å².